The van der Waals surface area contributed by atoms with Crippen molar-refractivity contribution >= 4 is 23.3 Å². The summed E-state index contributed by atoms with van der Waals surface area (Å²) >= 11 is 0. The Bertz CT molecular complexity index is 796. The number of aldehydes is 1. The molecule has 140 valence electrons. The summed E-state index contributed by atoms with van der Waals surface area (Å²) in [6.07, 6.45) is 4.28. The zero-order valence-electron chi connectivity index (χ0n) is 15.4. The first-order valence-electron chi connectivity index (χ1n) is 9.19. The van der Waals surface area contributed by atoms with Crippen LogP contribution in [0.5, 0.6) is 5.75 Å². The zero-order valence-corrected chi connectivity index (χ0v) is 15.4. The van der Waals surface area contributed by atoms with Gasteiger partial charge in [0.2, 0.25) is 0 Å². The van der Waals surface area contributed by atoms with Gasteiger partial charge in [0, 0.05) is 55.6 Å². The van der Waals surface area contributed by atoms with Gasteiger partial charge in [-0.25, -0.2) is 0 Å². The highest BCUT2D eigenvalue weighted by atomic mass is 16.5. The number of nitrogens with one attached hydrogen (secondary N) is 1. The number of anilines is 3. The van der Waals surface area contributed by atoms with Gasteiger partial charge in [-0.2, -0.15) is 0 Å². The molecule has 1 atom stereocenters. The molecule has 1 N–H and O–H groups in total. The number of methoxy groups -OCH3 is 1. The Hall–Kier alpha value is -3.15. The van der Waals surface area contributed by atoms with Gasteiger partial charge < -0.3 is 24.8 Å². The molecule has 2 aliphatic heterocycles. The van der Waals surface area contributed by atoms with Crippen molar-refractivity contribution in [1.29, 1.82) is 0 Å². The molecule has 2 aromatic carbocycles. The third kappa shape index (κ3) is 3.56. The van der Waals surface area contributed by atoms with E-state index in [0.717, 1.165) is 43.9 Å². The largest absolute Gasteiger partial charge is 0.497 e. The van der Waals surface area contributed by atoms with Crippen molar-refractivity contribution in [2.24, 2.45) is 0 Å². The summed E-state index contributed by atoms with van der Waals surface area (Å²) in [5, 5.41) is 3.01. The third-order valence-electron chi connectivity index (χ3n) is 5.16. The molecule has 6 nitrogen and oxygen atoms in total. The number of hydrogen-bond acceptors (Lipinski definition) is 6. The van der Waals surface area contributed by atoms with Gasteiger partial charge >= 0.3 is 0 Å². The van der Waals surface area contributed by atoms with Crippen molar-refractivity contribution in [2.75, 3.05) is 48.0 Å². The van der Waals surface area contributed by atoms with E-state index in [9.17, 15) is 4.79 Å². The van der Waals surface area contributed by atoms with Gasteiger partial charge in [-0.3, -0.25) is 4.79 Å². The number of piperazine rings is 1. The average molecular weight is 364 g/mol. The highest BCUT2D eigenvalue weighted by Gasteiger charge is 2.20. The van der Waals surface area contributed by atoms with Crippen molar-refractivity contribution < 1.29 is 9.53 Å². The first kappa shape index (κ1) is 17.3. The van der Waals surface area contributed by atoms with E-state index < -0.39 is 0 Å². The summed E-state index contributed by atoms with van der Waals surface area (Å²) in [5.41, 5.74) is 3.46. The molecule has 0 radical (unpaired) electrons. The van der Waals surface area contributed by atoms with Crippen molar-refractivity contribution in [1.82, 2.24) is 5.32 Å². The van der Waals surface area contributed by atoms with Crippen molar-refractivity contribution in [3.05, 3.63) is 60.9 Å². The summed E-state index contributed by atoms with van der Waals surface area (Å²) in [7, 11) is 1.69. The molecule has 1 saturated heterocycles. The number of nitrogens with zero attached hydrogens (tertiary/aromatic N) is 3. The van der Waals surface area contributed by atoms with Gasteiger partial charge in [-0.05, 0) is 48.5 Å². The summed E-state index contributed by atoms with van der Waals surface area (Å²) in [6.45, 7) is 3.93. The molecule has 0 aliphatic carbocycles. The van der Waals surface area contributed by atoms with Crippen LogP contribution in [0.25, 0.3) is 0 Å². The predicted octanol–water partition coefficient (Wildman–Crippen LogP) is 2.43. The van der Waals surface area contributed by atoms with E-state index in [4.69, 9.17) is 4.74 Å². The van der Waals surface area contributed by atoms with Gasteiger partial charge in [0.1, 0.15) is 5.75 Å². The Morgan fingerprint density at radius 3 is 1.93 bits per heavy atom. The van der Waals surface area contributed by atoms with Gasteiger partial charge in [0.15, 0.2) is 12.5 Å². The third-order valence-corrected chi connectivity index (χ3v) is 5.16. The Morgan fingerprint density at radius 2 is 1.41 bits per heavy atom. The van der Waals surface area contributed by atoms with Gasteiger partial charge in [0.05, 0.1) is 7.11 Å². The Balaban J connectivity index is 1.38. The highest BCUT2D eigenvalue weighted by Crippen LogP contribution is 2.26. The number of carbonyl (C=O) groups is 1. The van der Waals surface area contributed by atoms with Crippen molar-refractivity contribution in [2.45, 2.75) is 6.17 Å². The fourth-order valence-corrected chi connectivity index (χ4v) is 3.60. The van der Waals surface area contributed by atoms with Crippen molar-refractivity contribution in [3.8, 4) is 5.75 Å². The number of rotatable bonds is 5. The lowest BCUT2D eigenvalue weighted by Crippen LogP contribution is -2.46. The minimum absolute atomic E-state index is 0.316. The van der Waals surface area contributed by atoms with Gasteiger partial charge in [-0.15, -0.1) is 0 Å². The SMILES string of the molecule is COc1ccc(N2CCN(c3ccc(N4C=CNC4C=O)cc3)CC2)cc1. The second-order valence-electron chi connectivity index (χ2n) is 6.66. The van der Waals surface area contributed by atoms with Crippen LogP contribution in [0.4, 0.5) is 17.1 Å². The van der Waals surface area contributed by atoms with Crippen LogP contribution in [0, 0.1) is 0 Å². The molecule has 0 aromatic heterocycles. The van der Waals surface area contributed by atoms with Crippen LogP contribution in [-0.2, 0) is 4.79 Å². The number of hydrogen-bond donors (Lipinski definition) is 1. The molecule has 2 aliphatic rings. The van der Waals surface area contributed by atoms with Crippen LogP contribution >= 0.6 is 0 Å². The van der Waals surface area contributed by atoms with E-state index in [1.807, 2.05) is 23.2 Å². The van der Waals surface area contributed by atoms with Gasteiger partial charge in [0.25, 0.3) is 0 Å². The van der Waals surface area contributed by atoms with E-state index in [2.05, 4.69) is 51.5 Å². The normalized spacial score (nSPS) is 19.1. The van der Waals surface area contributed by atoms with Gasteiger partial charge in [-0.1, -0.05) is 0 Å². The van der Waals surface area contributed by atoms with E-state index in [0.29, 0.717) is 0 Å². The lowest BCUT2D eigenvalue weighted by molar-refractivity contribution is -0.109. The molecular weight excluding hydrogens is 340 g/mol. The summed E-state index contributed by atoms with van der Waals surface area (Å²) in [4.78, 5) is 17.9. The van der Waals surface area contributed by atoms with E-state index in [-0.39, 0.29) is 6.17 Å². The van der Waals surface area contributed by atoms with Crippen LogP contribution in [0.1, 0.15) is 0 Å². The molecule has 0 amide bonds. The van der Waals surface area contributed by atoms with Crippen LogP contribution in [-0.4, -0.2) is 45.7 Å². The molecule has 1 unspecified atom stereocenters. The van der Waals surface area contributed by atoms with Crippen LogP contribution < -0.4 is 24.8 Å². The Labute approximate surface area is 159 Å². The molecule has 2 aromatic rings. The van der Waals surface area contributed by atoms with Crippen LogP contribution in [0.2, 0.25) is 0 Å². The Morgan fingerprint density at radius 1 is 0.889 bits per heavy atom. The number of benzene rings is 2. The second-order valence-corrected chi connectivity index (χ2v) is 6.66. The number of ether oxygens (including phenoxy) is 1. The predicted molar refractivity (Wildman–Crippen MR) is 108 cm³/mol. The molecule has 1 fully saturated rings. The fraction of sp³-hybridized carbons (Fsp3) is 0.286. The molecule has 0 saturated carbocycles. The standard InChI is InChI=1S/C21H24N4O2/c1-27-20-8-6-18(7-9-20)24-14-12-23(13-15-24)17-2-4-19(5-3-17)25-11-10-22-21(25)16-26/h2-11,16,21-22H,12-15H2,1H3. The molecule has 27 heavy (non-hydrogen) atoms. The summed E-state index contributed by atoms with van der Waals surface area (Å²) in [6, 6.07) is 16.6. The minimum atomic E-state index is -0.316. The maximum atomic E-state index is 11.1. The van der Waals surface area contributed by atoms with E-state index in [1.165, 1.54) is 11.4 Å². The Kier molecular flexibility index (Phi) is 4.87. The summed E-state index contributed by atoms with van der Waals surface area (Å²) in [5.74, 6) is 0.886. The quantitative estimate of drug-likeness (QED) is 0.823. The van der Waals surface area contributed by atoms with Crippen LogP contribution in [0.15, 0.2) is 60.9 Å². The molecule has 6 heteroatoms. The molecule has 0 spiro atoms. The topological polar surface area (TPSA) is 48.1 Å². The van der Waals surface area contributed by atoms with E-state index >= 15 is 0 Å². The molecule has 0 bridgehead atoms. The number of carbonyl (C=O) groups excluding carboxylic acids is 1. The fourth-order valence-electron chi connectivity index (χ4n) is 3.60. The first-order chi connectivity index (χ1) is 13.3. The summed E-state index contributed by atoms with van der Waals surface area (Å²) < 4.78 is 5.23. The smallest absolute Gasteiger partial charge is 0.163 e. The molecular formula is C21H24N4O2. The first-order valence-corrected chi connectivity index (χ1v) is 9.19. The monoisotopic (exact) mass is 364 g/mol. The maximum absolute atomic E-state index is 11.1. The van der Waals surface area contributed by atoms with E-state index in [1.54, 1.807) is 13.3 Å². The van der Waals surface area contributed by atoms with Crippen LogP contribution in [0.3, 0.4) is 0 Å². The average Bonchev–Trinajstić information content (AvgIpc) is 3.23. The zero-order chi connectivity index (χ0) is 18.6. The minimum Gasteiger partial charge on any atom is -0.497 e. The molecule has 2 heterocycles. The lowest BCUT2D eigenvalue weighted by atomic mass is 10.2. The highest BCUT2D eigenvalue weighted by molar-refractivity contribution is 5.70. The second kappa shape index (κ2) is 7.61. The maximum Gasteiger partial charge on any atom is 0.163 e. The molecule has 4 rings (SSSR count). The van der Waals surface area contributed by atoms with Crippen molar-refractivity contribution in [3.63, 3.8) is 0 Å². The lowest BCUT2D eigenvalue weighted by Gasteiger charge is -2.37.